The number of anilines is 1. The summed E-state index contributed by atoms with van der Waals surface area (Å²) in [5.41, 5.74) is 2.60. The highest BCUT2D eigenvalue weighted by molar-refractivity contribution is 5.77. The van der Waals surface area contributed by atoms with Gasteiger partial charge in [0.25, 0.3) is 0 Å². The minimum Gasteiger partial charge on any atom is -0.443 e. The lowest BCUT2D eigenvalue weighted by molar-refractivity contribution is 0.165. The van der Waals surface area contributed by atoms with Gasteiger partial charge in [-0.05, 0) is 12.1 Å². The zero-order chi connectivity index (χ0) is 12.5. The molecule has 0 amide bonds. The first-order valence-electron chi connectivity index (χ1n) is 5.67. The Morgan fingerprint density at radius 1 is 1.41 bits per heavy atom. The predicted molar refractivity (Wildman–Crippen MR) is 68.1 cm³/mol. The van der Waals surface area contributed by atoms with E-state index >= 15 is 0 Å². The van der Waals surface area contributed by atoms with Gasteiger partial charge in [0, 0.05) is 37.4 Å². The minimum atomic E-state index is -0.120. The van der Waals surface area contributed by atoms with Crippen LogP contribution in [0.2, 0.25) is 0 Å². The number of benzene rings is 1. The number of fused-ring (bicyclic) bond motifs is 1. The maximum atomic E-state index is 9.27. The molecular formula is C13H18N2O2. The number of aliphatic hydroxyl groups excluding tert-OH is 1. The Labute approximate surface area is 101 Å². The van der Waals surface area contributed by atoms with Crippen molar-refractivity contribution in [1.29, 1.82) is 0 Å². The first-order chi connectivity index (χ1) is 8.02. The number of hydrogen-bond acceptors (Lipinski definition) is 4. The lowest BCUT2D eigenvalue weighted by Crippen LogP contribution is -2.33. The molecular weight excluding hydrogens is 216 g/mol. The summed E-state index contributed by atoms with van der Waals surface area (Å²) in [5.74, 6) is 0. The van der Waals surface area contributed by atoms with Crippen molar-refractivity contribution in [2.75, 3.05) is 25.1 Å². The van der Waals surface area contributed by atoms with Gasteiger partial charge in [0.1, 0.15) is 5.52 Å². The molecule has 0 spiro atoms. The molecule has 0 aliphatic heterocycles. The third-order valence-corrected chi connectivity index (χ3v) is 2.85. The Morgan fingerprint density at radius 3 is 2.88 bits per heavy atom. The number of aromatic nitrogens is 1. The maximum absolute atomic E-state index is 9.27. The van der Waals surface area contributed by atoms with Crippen LogP contribution in [0.3, 0.4) is 0 Å². The van der Waals surface area contributed by atoms with Gasteiger partial charge in [0.15, 0.2) is 12.0 Å². The SMILES string of the molecule is CN(CC(C)(C)CO)c1ccc2ncoc2c1. The molecule has 0 radical (unpaired) electrons. The van der Waals surface area contributed by atoms with Crippen LogP contribution >= 0.6 is 0 Å². The molecule has 4 nitrogen and oxygen atoms in total. The van der Waals surface area contributed by atoms with Crippen LogP contribution in [0.5, 0.6) is 0 Å². The summed E-state index contributed by atoms with van der Waals surface area (Å²) < 4.78 is 5.28. The molecule has 0 saturated carbocycles. The number of rotatable bonds is 4. The Balaban J connectivity index is 2.21. The number of aliphatic hydroxyl groups is 1. The van der Waals surface area contributed by atoms with Crippen molar-refractivity contribution < 1.29 is 9.52 Å². The molecule has 2 rings (SSSR count). The third kappa shape index (κ3) is 2.58. The topological polar surface area (TPSA) is 49.5 Å². The van der Waals surface area contributed by atoms with Crippen molar-refractivity contribution in [2.24, 2.45) is 5.41 Å². The van der Waals surface area contributed by atoms with Gasteiger partial charge >= 0.3 is 0 Å². The lowest BCUT2D eigenvalue weighted by atomic mass is 9.94. The summed E-state index contributed by atoms with van der Waals surface area (Å²) in [6.07, 6.45) is 1.45. The number of oxazole rings is 1. The second kappa shape index (κ2) is 4.37. The predicted octanol–water partition coefficient (Wildman–Crippen LogP) is 2.28. The summed E-state index contributed by atoms with van der Waals surface area (Å²) in [6, 6.07) is 5.92. The third-order valence-electron chi connectivity index (χ3n) is 2.85. The molecule has 0 saturated heterocycles. The highest BCUT2D eigenvalue weighted by Crippen LogP contribution is 2.23. The van der Waals surface area contributed by atoms with Crippen LogP contribution in [-0.4, -0.2) is 30.3 Å². The van der Waals surface area contributed by atoms with E-state index in [-0.39, 0.29) is 12.0 Å². The lowest BCUT2D eigenvalue weighted by Gasteiger charge is -2.29. The van der Waals surface area contributed by atoms with Crippen LogP contribution in [0.1, 0.15) is 13.8 Å². The van der Waals surface area contributed by atoms with E-state index in [9.17, 15) is 5.11 Å². The smallest absolute Gasteiger partial charge is 0.181 e. The van der Waals surface area contributed by atoms with E-state index in [4.69, 9.17) is 4.42 Å². The van der Waals surface area contributed by atoms with Gasteiger partial charge in [-0.1, -0.05) is 13.8 Å². The standard InChI is InChI=1S/C13H18N2O2/c1-13(2,8-16)7-15(3)10-4-5-11-12(6-10)17-9-14-11/h4-6,9,16H,7-8H2,1-3H3. The first-order valence-corrected chi connectivity index (χ1v) is 5.67. The zero-order valence-electron chi connectivity index (χ0n) is 10.5. The van der Waals surface area contributed by atoms with Crippen molar-refractivity contribution in [3.63, 3.8) is 0 Å². The zero-order valence-corrected chi connectivity index (χ0v) is 10.5. The molecule has 92 valence electrons. The van der Waals surface area contributed by atoms with Gasteiger partial charge in [-0.3, -0.25) is 0 Å². The second-order valence-electron chi connectivity index (χ2n) is 5.18. The molecule has 0 atom stereocenters. The van der Waals surface area contributed by atoms with E-state index < -0.39 is 0 Å². The van der Waals surface area contributed by atoms with Crippen molar-refractivity contribution in [2.45, 2.75) is 13.8 Å². The van der Waals surface area contributed by atoms with Crippen molar-refractivity contribution >= 4 is 16.8 Å². The average Bonchev–Trinajstić information content (AvgIpc) is 2.75. The van der Waals surface area contributed by atoms with Crippen LogP contribution in [0.4, 0.5) is 5.69 Å². The van der Waals surface area contributed by atoms with Crippen molar-refractivity contribution in [3.05, 3.63) is 24.6 Å². The molecule has 0 fully saturated rings. The monoisotopic (exact) mass is 234 g/mol. The molecule has 0 aliphatic rings. The quantitative estimate of drug-likeness (QED) is 0.881. The molecule has 1 aromatic heterocycles. The maximum Gasteiger partial charge on any atom is 0.181 e. The Morgan fingerprint density at radius 2 is 2.18 bits per heavy atom. The Hall–Kier alpha value is -1.55. The second-order valence-corrected chi connectivity index (χ2v) is 5.18. The van der Waals surface area contributed by atoms with Gasteiger partial charge < -0.3 is 14.4 Å². The van der Waals surface area contributed by atoms with Crippen molar-refractivity contribution in [1.82, 2.24) is 4.98 Å². The summed E-state index contributed by atoms with van der Waals surface area (Å²) in [7, 11) is 2.01. The van der Waals surface area contributed by atoms with E-state index in [0.717, 1.165) is 23.3 Å². The fourth-order valence-electron chi connectivity index (χ4n) is 1.86. The van der Waals surface area contributed by atoms with E-state index in [1.54, 1.807) is 0 Å². The van der Waals surface area contributed by atoms with Crippen LogP contribution in [0.25, 0.3) is 11.1 Å². The largest absolute Gasteiger partial charge is 0.443 e. The number of hydrogen-bond donors (Lipinski definition) is 1. The van der Waals surface area contributed by atoms with Gasteiger partial charge in [-0.2, -0.15) is 0 Å². The van der Waals surface area contributed by atoms with Crippen molar-refractivity contribution in [3.8, 4) is 0 Å². The van der Waals surface area contributed by atoms with E-state index in [1.807, 2.05) is 39.1 Å². The highest BCUT2D eigenvalue weighted by Gasteiger charge is 2.19. The number of nitrogens with zero attached hydrogens (tertiary/aromatic N) is 2. The van der Waals surface area contributed by atoms with Crippen LogP contribution in [0, 0.1) is 5.41 Å². The molecule has 1 aromatic carbocycles. The highest BCUT2D eigenvalue weighted by atomic mass is 16.3. The molecule has 4 heteroatoms. The molecule has 17 heavy (non-hydrogen) atoms. The van der Waals surface area contributed by atoms with Gasteiger partial charge in [-0.25, -0.2) is 4.98 Å². The summed E-state index contributed by atoms with van der Waals surface area (Å²) in [4.78, 5) is 6.19. The van der Waals surface area contributed by atoms with E-state index in [1.165, 1.54) is 6.39 Å². The Bertz CT molecular complexity index is 505. The molecule has 0 bridgehead atoms. The van der Waals surface area contributed by atoms with Crippen LogP contribution in [0.15, 0.2) is 29.0 Å². The van der Waals surface area contributed by atoms with Crippen LogP contribution < -0.4 is 4.90 Å². The van der Waals surface area contributed by atoms with E-state index in [2.05, 4.69) is 9.88 Å². The summed E-state index contributed by atoms with van der Waals surface area (Å²) in [5, 5.41) is 9.27. The Kier molecular flexibility index (Phi) is 3.07. The molecule has 0 aliphatic carbocycles. The average molecular weight is 234 g/mol. The summed E-state index contributed by atoms with van der Waals surface area (Å²) in [6.45, 7) is 5.03. The van der Waals surface area contributed by atoms with Gasteiger partial charge in [0.2, 0.25) is 0 Å². The molecule has 2 aromatic rings. The first kappa shape index (κ1) is 11.9. The van der Waals surface area contributed by atoms with E-state index in [0.29, 0.717) is 0 Å². The van der Waals surface area contributed by atoms with Gasteiger partial charge in [0.05, 0.1) is 0 Å². The summed E-state index contributed by atoms with van der Waals surface area (Å²) >= 11 is 0. The molecule has 1 heterocycles. The minimum absolute atomic E-state index is 0.120. The fourth-order valence-corrected chi connectivity index (χ4v) is 1.86. The normalized spacial score (nSPS) is 12.0. The fraction of sp³-hybridized carbons (Fsp3) is 0.462. The van der Waals surface area contributed by atoms with Gasteiger partial charge in [-0.15, -0.1) is 0 Å². The molecule has 0 unspecified atom stereocenters. The molecule has 1 N–H and O–H groups in total. The van der Waals surface area contributed by atoms with Crippen LogP contribution in [-0.2, 0) is 0 Å².